The second-order valence-electron chi connectivity index (χ2n) is 6.03. The van der Waals surface area contributed by atoms with Gasteiger partial charge in [-0.3, -0.25) is 0 Å². The van der Waals surface area contributed by atoms with Gasteiger partial charge in [-0.15, -0.1) is 5.11 Å². The van der Waals surface area contributed by atoms with Crippen LogP contribution >= 0.6 is 0 Å². The van der Waals surface area contributed by atoms with E-state index in [0.717, 1.165) is 28.4 Å². The van der Waals surface area contributed by atoms with Crippen LogP contribution < -0.4 is 4.90 Å². The number of benzene rings is 4. The third-order valence-electron chi connectivity index (χ3n) is 4.18. The van der Waals surface area contributed by atoms with Gasteiger partial charge in [0, 0.05) is 11.4 Å². The van der Waals surface area contributed by atoms with Crippen molar-refractivity contribution in [1.29, 1.82) is 0 Å². The highest BCUT2D eigenvalue weighted by atomic mass is 15.2. The molecule has 4 aromatic carbocycles. The highest BCUT2D eigenvalue weighted by Gasteiger charge is 2.15. The first-order valence-electron chi connectivity index (χ1n) is 8.88. The number of rotatable bonds is 5. The topological polar surface area (TPSA) is 28.0 Å². The molecule has 0 atom stereocenters. The first-order valence-corrected chi connectivity index (χ1v) is 8.88. The van der Waals surface area contributed by atoms with Gasteiger partial charge in [0.25, 0.3) is 0 Å². The Labute approximate surface area is 159 Å². The van der Waals surface area contributed by atoms with E-state index in [-0.39, 0.29) is 0 Å². The van der Waals surface area contributed by atoms with Crippen LogP contribution in [0.15, 0.2) is 125 Å². The lowest BCUT2D eigenvalue weighted by Gasteiger charge is -2.26. The highest BCUT2D eigenvalue weighted by Crippen LogP contribution is 2.40. The predicted molar refractivity (Wildman–Crippen MR) is 112 cm³/mol. The van der Waals surface area contributed by atoms with Crippen LogP contribution in [0.1, 0.15) is 0 Å². The van der Waals surface area contributed by atoms with Gasteiger partial charge in [0.15, 0.2) is 0 Å². The molecule has 0 radical (unpaired) electrons. The minimum Gasteiger partial charge on any atom is -0.308 e. The van der Waals surface area contributed by atoms with E-state index in [2.05, 4.69) is 45.5 Å². The van der Waals surface area contributed by atoms with Crippen molar-refractivity contribution in [1.82, 2.24) is 0 Å². The number of hydrogen-bond acceptors (Lipinski definition) is 3. The average molecular weight is 349 g/mol. The molecule has 0 heterocycles. The van der Waals surface area contributed by atoms with E-state index >= 15 is 0 Å². The smallest absolute Gasteiger partial charge is 0.110 e. The first-order chi connectivity index (χ1) is 13.4. The maximum atomic E-state index is 4.53. The normalized spacial score (nSPS) is 10.8. The van der Waals surface area contributed by atoms with Crippen molar-refractivity contribution >= 4 is 28.4 Å². The maximum Gasteiger partial charge on any atom is 0.110 e. The second kappa shape index (κ2) is 8.11. The van der Waals surface area contributed by atoms with E-state index < -0.39 is 0 Å². The molecule has 0 aliphatic heterocycles. The fourth-order valence-corrected chi connectivity index (χ4v) is 2.93. The fraction of sp³-hybridized carbons (Fsp3) is 0. The van der Waals surface area contributed by atoms with E-state index in [0.29, 0.717) is 0 Å². The number of azo groups is 1. The van der Waals surface area contributed by atoms with Gasteiger partial charge in [0.1, 0.15) is 5.69 Å². The van der Waals surface area contributed by atoms with Gasteiger partial charge in [-0.1, -0.05) is 66.7 Å². The molecule has 0 fully saturated rings. The molecule has 3 heteroatoms. The zero-order chi connectivity index (χ0) is 18.3. The summed E-state index contributed by atoms with van der Waals surface area (Å²) in [6.45, 7) is 0. The Morgan fingerprint density at radius 2 is 0.926 bits per heavy atom. The number of anilines is 3. The summed E-state index contributed by atoms with van der Waals surface area (Å²) in [7, 11) is 0. The van der Waals surface area contributed by atoms with Crippen LogP contribution in [-0.2, 0) is 0 Å². The van der Waals surface area contributed by atoms with Crippen LogP contribution in [0.2, 0.25) is 0 Å². The molecule has 0 aliphatic rings. The van der Waals surface area contributed by atoms with Crippen LogP contribution in [0.3, 0.4) is 0 Å². The summed E-state index contributed by atoms with van der Waals surface area (Å²) in [5, 5.41) is 8.94. The first kappa shape index (κ1) is 16.7. The molecule has 3 nitrogen and oxygen atoms in total. The Bertz CT molecular complexity index is 973. The summed E-state index contributed by atoms with van der Waals surface area (Å²) in [4.78, 5) is 2.19. The van der Waals surface area contributed by atoms with E-state index in [1.165, 1.54) is 0 Å². The van der Waals surface area contributed by atoms with Crippen LogP contribution in [0.5, 0.6) is 0 Å². The lowest BCUT2D eigenvalue weighted by Crippen LogP contribution is -2.09. The van der Waals surface area contributed by atoms with E-state index in [4.69, 9.17) is 0 Å². The number of para-hydroxylation sites is 3. The second-order valence-corrected chi connectivity index (χ2v) is 6.03. The van der Waals surface area contributed by atoms with Crippen LogP contribution in [0.25, 0.3) is 0 Å². The van der Waals surface area contributed by atoms with Gasteiger partial charge in [-0.05, 0) is 48.5 Å². The molecule has 4 aromatic rings. The molecular formula is C24H19N3. The summed E-state index contributed by atoms with van der Waals surface area (Å²) >= 11 is 0. The molecule has 0 amide bonds. The number of hydrogen-bond donors (Lipinski definition) is 0. The minimum absolute atomic E-state index is 0.814. The molecule has 27 heavy (non-hydrogen) atoms. The molecule has 0 aromatic heterocycles. The van der Waals surface area contributed by atoms with Crippen molar-refractivity contribution in [3.63, 3.8) is 0 Å². The average Bonchev–Trinajstić information content (AvgIpc) is 2.76. The third kappa shape index (κ3) is 3.93. The van der Waals surface area contributed by atoms with Crippen molar-refractivity contribution in [3.05, 3.63) is 115 Å². The van der Waals surface area contributed by atoms with Crippen LogP contribution in [-0.4, -0.2) is 0 Å². The van der Waals surface area contributed by atoms with Gasteiger partial charge >= 0.3 is 0 Å². The molecule has 0 spiro atoms. The summed E-state index contributed by atoms with van der Waals surface area (Å²) in [5.74, 6) is 0. The molecule has 4 rings (SSSR count). The van der Waals surface area contributed by atoms with Gasteiger partial charge in [-0.2, -0.15) is 5.11 Å². The van der Waals surface area contributed by atoms with Crippen molar-refractivity contribution in [2.24, 2.45) is 10.2 Å². The van der Waals surface area contributed by atoms with Crippen molar-refractivity contribution in [2.75, 3.05) is 4.90 Å². The van der Waals surface area contributed by atoms with Crippen LogP contribution in [0.4, 0.5) is 28.4 Å². The Morgan fingerprint density at radius 1 is 0.444 bits per heavy atom. The summed E-state index contributed by atoms with van der Waals surface area (Å²) in [6, 6.07) is 38.4. The van der Waals surface area contributed by atoms with Gasteiger partial charge in [0.2, 0.25) is 0 Å². The lowest BCUT2D eigenvalue weighted by molar-refractivity contribution is 1.20. The fourth-order valence-electron chi connectivity index (χ4n) is 2.93. The van der Waals surface area contributed by atoms with E-state index in [9.17, 15) is 0 Å². The van der Waals surface area contributed by atoms with E-state index in [1.54, 1.807) is 0 Å². The van der Waals surface area contributed by atoms with Crippen LogP contribution in [0, 0.1) is 0 Å². The number of nitrogens with zero attached hydrogens (tertiary/aromatic N) is 3. The van der Waals surface area contributed by atoms with Crippen molar-refractivity contribution in [2.45, 2.75) is 0 Å². The van der Waals surface area contributed by atoms with Crippen molar-refractivity contribution in [3.8, 4) is 0 Å². The molecule has 0 bridgehead atoms. The molecule has 0 saturated carbocycles. The third-order valence-corrected chi connectivity index (χ3v) is 4.18. The van der Waals surface area contributed by atoms with Gasteiger partial charge in [-0.25, -0.2) is 0 Å². The zero-order valence-electron chi connectivity index (χ0n) is 14.8. The Morgan fingerprint density at radius 3 is 1.52 bits per heavy atom. The molecule has 0 unspecified atom stereocenters. The van der Waals surface area contributed by atoms with Gasteiger partial charge < -0.3 is 4.90 Å². The molecule has 0 aliphatic carbocycles. The molecule has 130 valence electrons. The molecular weight excluding hydrogens is 330 g/mol. The highest BCUT2D eigenvalue weighted by molar-refractivity contribution is 5.83. The van der Waals surface area contributed by atoms with Crippen molar-refractivity contribution < 1.29 is 0 Å². The Balaban J connectivity index is 1.81. The summed E-state index contributed by atoms with van der Waals surface area (Å²) < 4.78 is 0. The SMILES string of the molecule is c1ccc(N=Nc2ccccc2N(c2ccccc2)c2ccccc2)cc1. The molecule has 0 saturated heterocycles. The Kier molecular flexibility index (Phi) is 5.02. The Hall–Kier alpha value is -3.72. The zero-order valence-corrected chi connectivity index (χ0v) is 14.8. The van der Waals surface area contributed by atoms with Gasteiger partial charge in [0.05, 0.1) is 11.4 Å². The molecule has 0 N–H and O–H groups in total. The summed E-state index contributed by atoms with van der Waals surface area (Å²) in [5.41, 5.74) is 4.78. The minimum atomic E-state index is 0.814. The predicted octanol–water partition coefficient (Wildman–Crippen LogP) is 7.57. The lowest BCUT2D eigenvalue weighted by atomic mass is 10.1. The standard InChI is InChI=1S/C24H19N3/c1-4-12-20(13-5-1)25-26-23-18-10-11-19-24(23)27(21-14-6-2-7-15-21)22-16-8-3-9-17-22/h1-19H. The summed E-state index contributed by atoms with van der Waals surface area (Å²) in [6.07, 6.45) is 0. The monoisotopic (exact) mass is 349 g/mol. The van der Waals surface area contributed by atoms with E-state index in [1.807, 2.05) is 84.9 Å². The largest absolute Gasteiger partial charge is 0.308 e. The maximum absolute atomic E-state index is 4.53. The quantitative estimate of drug-likeness (QED) is 0.341.